The summed E-state index contributed by atoms with van der Waals surface area (Å²) in [5, 5.41) is 8.02. The summed E-state index contributed by atoms with van der Waals surface area (Å²) < 4.78 is 25.6. The third-order valence-corrected chi connectivity index (χ3v) is 6.51. The van der Waals surface area contributed by atoms with Gasteiger partial charge in [0.15, 0.2) is 0 Å². The van der Waals surface area contributed by atoms with Gasteiger partial charge >= 0.3 is 0 Å². The van der Waals surface area contributed by atoms with Crippen molar-refractivity contribution in [2.24, 2.45) is 5.73 Å². The van der Waals surface area contributed by atoms with Crippen LogP contribution in [0.15, 0.2) is 79.1 Å². The van der Waals surface area contributed by atoms with Crippen molar-refractivity contribution in [3.05, 3.63) is 101 Å². The maximum atomic E-state index is 13.2. The number of carbonyl (C=O) groups excluding carboxylic acids is 2. The van der Waals surface area contributed by atoms with Crippen LogP contribution in [0.3, 0.4) is 0 Å². The fourth-order valence-electron chi connectivity index (χ4n) is 3.88. The topological polar surface area (TPSA) is 124 Å². The van der Waals surface area contributed by atoms with Gasteiger partial charge in [0.1, 0.15) is 10.7 Å². The van der Waals surface area contributed by atoms with E-state index in [0.717, 1.165) is 21.9 Å². The minimum atomic E-state index is -3.04. The SMILES string of the molecule is NC(=O)CC(c1ccc(Cn2cccn2)cc1C(=O)NCc1ccc2ccccc2c1)[SH](=O)=O. The van der Waals surface area contributed by atoms with E-state index in [4.69, 9.17) is 5.73 Å². The van der Waals surface area contributed by atoms with Crippen LogP contribution in [-0.2, 0) is 28.6 Å². The van der Waals surface area contributed by atoms with E-state index in [1.165, 1.54) is 0 Å². The van der Waals surface area contributed by atoms with Gasteiger partial charge in [0.05, 0.1) is 11.8 Å². The Balaban J connectivity index is 1.63. The Morgan fingerprint density at radius 1 is 0.971 bits per heavy atom. The number of nitrogens with one attached hydrogen (secondary N) is 1. The Bertz CT molecular complexity index is 1410. The van der Waals surface area contributed by atoms with E-state index in [1.54, 1.807) is 41.3 Å². The van der Waals surface area contributed by atoms with Gasteiger partial charge in [-0.1, -0.05) is 48.5 Å². The number of primary amides is 1. The van der Waals surface area contributed by atoms with Gasteiger partial charge < -0.3 is 11.1 Å². The minimum absolute atomic E-state index is 0.191. The number of carbonyl (C=O) groups is 2. The van der Waals surface area contributed by atoms with Gasteiger partial charge in [0, 0.05) is 30.9 Å². The molecule has 0 aliphatic heterocycles. The van der Waals surface area contributed by atoms with Gasteiger partial charge in [-0.15, -0.1) is 0 Å². The highest BCUT2D eigenvalue weighted by Gasteiger charge is 2.24. The lowest BCUT2D eigenvalue weighted by Gasteiger charge is -2.16. The van der Waals surface area contributed by atoms with Crippen molar-refractivity contribution < 1.29 is 18.0 Å². The van der Waals surface area contributed by atoms with Crippen LogP contribution in [0.4, 0.5) is 0 Å². The van der Waals surface area contributed by atoms with Gasteiger partial charge in [-0.25, -0.2) is 8.42 Å². The summed E-state index contributed by atoms with van der Waals surface area (Å²) >= 11 is 0. The van der Waals surface area contributed by atoms with Crippen LogP contribution in [0, 0.1) is 0 Å². The maximum absolute atomic E-state index is 13.2. The van der Waals surface area contributed by atoms with Crippen LogP contribution in [0.1, 0.15) is 38.7 Å². The lowest BCUT2D eigenvalue weighted by Crippen LogP contribution is -2.26. The minimum Gasteiger partial charge on any atom is -0.370 e. The van der Waals surface area contributed by atoms with Crippen molar-refractivity contribution in [3.63, 3.8) is 0 Å². The second kappa shape index (κ2) is 10.3. The number of hydrogen-bond acceptors (Lipinski definition) is 5. The fourth-order valence-corrected chi connectivity index (χ4v) is 4.67. The van der Waals surface area contributed by atoms with Crippen LogP contribution >= 0.6 is 0 Å². The number of amides is 2. The number of fused-ring (bicyclic) bond motifs is 1. The molecule has 4 rings (SSSR count). The molecule has 0 aliphatic carbocycles. The first kappa shape index (κ1) is 23.2. The molecule has 4 aromatic rings. The van der Waals surface area contributed by atoms with Crippen molar-refractivity contribution in [2.45, 2.75) is 24.8 Å². The van der Waals surface area contributed by atoms with E-state index in [9.17, 15) is 18.0 Å². The van der Waals surface area contributed by atoms with Crippen LogP contribution in [0.2, 0.25) is 0 Å². The lowest BCUT2D eigenvalue weighted by atomic mass is 9.98. The third-order valence-electron chi connectivity index (χ3n) is 5.54. The van der Waals surface area contributed by atoms with Crippen molar-refractivity contribution in [2.75, 3.05) is 0 Å². The summed E-state index contributed by atoms with van der Waals surface area (Å²) in [6.45, 7) is 0.665. The monoisotopic (exact) mass is 476 g/mol. The maximum Gasteiger partial charge on any atom is 0.251 e. The first-order valence-corrected chi connectivity index (χ1v) is 11.9. The Labute approximate surface area is 198 Å². The molecule has 0 aliphatic rings. The van der Waals surface area contributed by atoms with Crippen molar-refractivity contribution in [1.82, 2.24) is 15.1 Å². The molecule has 9 heteroatoms. The second-order valence-corrected chi connectivity index (χ2v) is 9.16. The van der Waals surface area contributed by atoms with Crippen molar-refractivity contribution in [3.8, 4) is 0 Å². The Morgan fingerprint density at radius 2 is 1.74 bits per heavy atom. The molecule has 3 N–H and O–H groups in total. The molecule has 8 nitrogen and oxygen atoms in total. The Morgan fingerprint density at radius 3 is 2.44 bits per heavy atom. The number of aromatic nitrogens is 2. The average Bonchev–Trinajstić information content (AvgIpc) is 3.34. The smallest absolute Gasteiger partial charge is 0.251 e. The molecular weight excluding hydrogens is 452 g/mol. The number of hydrogen-bond donors (Lipinski definition) is 3. The zero-order chi connectivity index (χ0) is 24.1. The van der Waals surface area contributed by atoms with Crippen molar-refractivity contribution >= 4 is 33.3 Å². The van der Waals surface area contributed by atoms with Crippen LogP contribution in [0.25, 0.3) is 10.8 Å². The summed E-state index contributed by atoms with van der Waals surface area (Å²) in [6, 6.07) is 20.6. The van der Waals surface area contributed by atoms with Gasteiger partial charge in [0.25, 0.3) is 5.91 Å². The highest BCUT2D eigenvalue weighted by atomic mass is 32.2. The number of nitrogens with two attached hydrogens (primary N) is 1. The zero-order valence-corrected chi connectivity index (χ0v) is 19.2. The van der Waals surface area contributed by atoms with E-state index >= 15 is 0 Å². The summed E-state index contributed by atoms with van der Waals surface area (Å²) in [5.74, 6) is -1.19. The molecular formula is C25H24N4O4S. The second-order valence-electron chi connectivity index (χ2n) is 7.96. The average molecular weight is 477 g/mol. The molecule has 1 atom stereocenters. The lowest BCUT2D eigenvalue weighted by molar-refractivity contribution is -0.118. The van der Waals surface area contributed by atoms with Gasteiger partial charge in [-0.2, -0.15) is 5.10 Å². The number of rotatable bonds is 9. The first-order valence-electron chi connectivity index (χ1n) is 10.7. The molecule has 3 aromatic carbocycles. The largest absolute Gasteiger partial charge is 0.370 e. The van der Waals surface area contributed by atoms with E-state index in [2.05, 4.69) is 10.4 Å². The van der Waals surface area contributed by atoms with Crippen LogP contribution in [-0.4, -0.2) is 30.0 Å². The van der Waals surface area contributed by atoms with Gasteiger partial charge in [0.2, 0.25) is 5.91 Å². The molecule has 34 heavy (non-hydrogen) atoms. The molecule has 1 aromatic heterocycles. The Hall–Kier alpha value is -3.98. The summed E-state index contributed by atoms with van der Waals surface area (Å²) in [4.78, 5) is 24.7. The third kappa shape index (κ3) is 5.49. The molecule has 2 amide bonds. The summed E-state index contributed by atoms with van der Waals surface area (Å²) in [7, 11) is -3.04. The quantitative estimate of drug-likeness (QED) is 0.320. The van der Waals surface area contributed by atoms with Crippen LogP contribution < -0.4 is 11.1 Å². The molecule has 0 saturated carbocycles. The standard InChI is InChI=1S/C25H24N4O4S/c26-24(30)14-23(34(32)33)21-9-7-18(16-29-11-3-10-28-29)13-22(21)25(31)27-15-17-6-8-19-4-1-2-5-20(19)12-17/h1-13,23,34H,14-16H2,(H2,26,30)(H,27,31). The molecule has 1 heterocycles. The first-order chi connectivity index (χ1) is 16.4. The molecule has 0 radical (unpaired) electrons. The molecule has 0 spiro atoms. The van der Waals surface area contributed by atoms with E-state index < -0.39 is 34.2 Å². The number of nitrogens with zero attached hydrogens (tertiary/aromatic N) is 2. The van der Waals surface area contributed by atoms with Gasteiger partial charge in [-0.05, 0) is 45.7 Å². The van der Waals surface area contributed by atoms with E-state index in [1.807, 2.05) is 42.5 Å². The fraction of sp³-hybridized carbons (Fsp3) is 0.160. The Kier molecular flexibility index (Phi) is 7.03. The normalized spacial score (nSPS) is 12.0. The van der Waals surface area contributed by atoms with E-state index in [0.29, 0.717) is 6.54 Å². The number of thiol groups is 1. The zero-order valence-electron chi connectivity index (χ0n) is 18.3. The molecule has 0 saturated heterocycles. The molecule has 0 bridgehead atoms. The predicted molar refractivity (Wildman–Crippen MR) is 130 cm³/mol. The van der Waals surface area contributed by atoms with E-state index in [-0.39, 0.29) is 17.7 Å². The number of benzene rings is 3. The highest BCUT2D eigenvalue weighted by Crippen LogP contribution is 2.26. The molecule has 0 fully saturated rings. The molecule has 1 unspecified atom stereocenters. The predicted octanol–water partition coefficient (Wildman–Crippen LogP) is 2.54. The molecule has 174 valence electrons. The summed E-state index contributed by atoms with van der Waals surface area (Å²) in [6.07, 6.45) is 3.04. The highest BCUT2D eigenvalue weighted by molar-refractivity contribution is 7.72. The van der Waals surface area contributed by atoms with Crippen LogP contribution in [0.5, 0.6) is 0 Å². The van der Waals surface area contributed by atoms with Gasteiger partial charge in [-0.3, -0.25) is 14.3 Å². The van der Waals surface area contributed by atoms with Crippen molar-refractivity contribution in [1.29, 1.82) is 0 Å². The summed E-state index contributed by atoms with van der Waals surface area (Å²) in [5.41, 5.74) is 7.39.